The number of fused-ring (bicyclic) bond motifs is 1. The molecule has 0 fully saturated rings. The van der Waals surface area contributed by atoms with Gasteiger partial charge in [-0.1, -0.05) is 6.07 Å². The molecule has 9 heteroatoms. The van der Waals surface area contributed by atoms with Crippen LogP contribution in [0.1, 0.15) is 21.7 Å². The summed E-state index contributed by atoms with van der Waals surface area (Å²) in [6, 6.07) is 2.84. The molecule has 1 aliphatic heterocycles. The second kappa shape index (κ2) is 6.10. The normalized spacial score (nSPS) is 16.5. The SMILES string of the molecule is O=C(O)[C@H]1Cc2nc[nH]c2CN1C(=O)c1cnc(-c2cccs2)nc1. The average molecular weight is 355 g/mol. The maximum Gasteiger partial charge on any atom is 0.326 e. The molecule has 4 heterocycles. The second-order valence-electron chi connectivity index (χ2n) is 5.59. The lowest BCUT2D eigenvalue weighted by Gasteiger charge is -2.32. The summed E-state index contributed by atoms with van der Waals surface area (Å²) in [6.07, 6.45) is 4.56. The van der Waals surface area contributed by atoms with Crippen molar-refractivity contribution in [1.82, 2.24) is 24.8 Å². The van der Waals surface area contributed by atoms with Crippen LogP contribution in [-0.4, -0.2) is 47.9 Å². The van der Waals surface area contributed by atoms with Gasteiger partial charge in [0.15, 0.2) is 5.82 Å². The number of carboxylic acids is 1. The zero-order valence-corrected chi connectivity index (χ0v) is 13.7. The summed E-state index contributed by atoms with van der Waals surface area (Å²) in [4.78, 5) is 42.1. The van der Waals surface area contributed by atoms with E-state index in [-0.39, 0.29) is 18.5 Å². The van der Waals surface area contributed by atoms with Gasteiger partial charge in [0, 0.05) is 18.8 Å². The molecule has 25 heavy (non-hydrogen) atoms. The standard InChI is InChI=1S/C16H13N5O3S/c22-15(9-5-17-14(18-6-9)13-2-1-3-25-13)21-7-11-10(19-8-20-11)4-12(21)16(23)24/h1-3,5-6,8,12H,4,7H2,(H,19,20)(H,23,24)/t12-/m1/s1. The molecule has 0 aromatic carbocycles. The number of aliphatic carboxylic acids is 1. The van der Waals surface area contributed by atoms with E-state index in [4.69, 9.17) is 0 Å². The lowest BCUT2D eigenvalue weighted by atomic mass is 10.0. The fourth-order valence-electron chi connectivity index (χ4n) is 2.81. The summed E-state index contributed by atoms with van der Waals surface area (Å²) in [7, 11) is 0. The summed E-state index contributed by atoms with van der Waals surface area (Å²) in [5.74, 6) is -0.931. The highest BCUT2D eigenvalue weighted by atomic mass is 32.1. The van der Waals surface area contributed by atoms with Crippen molar-refractivity contribution in [2.24, 2.45) is 0 Å². The molecule has 0 radical (unpaired) electrons. The lowest BCUT2D eigenvalue weighted by molar-refractivity contribution is -0.142. The van der Waals surface area contributed by atoms with Gasteiger partial charge in [-0.25, -0.2) is 19.7 Å². The quantitative estimate of drug-likeness (QED) is 0.738. The predicted octanol–water partition coefficient (Wildman–Crippen LogP) is 1.58. The first-order chi connectivity index (χ1) is 12.1. The molecule has 1 aliphatic rings. The highest BCUT2D eigenvalue weighted by Crippen LogP contribution is 2.24. The number of carbonyl (C=O) groups excluding carboxylic acids is 1. The number of thiophene rings is 1. The Balaban J connectivity index is 1.62. The molecular weight excluding hydrogens is 342 g/mol. The molecule has 0 saturated heterocycles. The Labute approximate surface area is 146 Å². The van der Waals surface area contributed by atoms with Crippen LogP contribution < -0.4 is 0 Å². The minimum absolute atomic E-state index is 0.164. The minimum atomic E-state index is -1.06. The van der Waals surface area contributed by atoms with E-state index in [1.54, 1.807) is 0 Å². The van der Waals surface area contributed by atoms with Gasteiger partial charge >= 0.3 is 5.97 Å². The maximum atomic E-state index is 12.8. The monoisotopic (exact) mass is 355 g/mol. The highest BCUT2D eigenvalue weighted by Gasteiger charge is 2.36. The smallest absolute Gasteiger partial charge is 0.326 e. The van der Waals surface area contributed by atoms with E-state index in [1.165, 1.54) is 35.0 Å². The molecule has 126 valence electrons. The van der Waals surface area contributed by atoms with Crippen molar-refractivity contribution in [2.45, 2.75) is 19.0 Å². The lowest BCUT2D eigenvalue weighted by Crippen LogP contribution is -2.48. The van der Waals surface area contributed by atoms with Gasteiger partial charge in [0.05, 0.1) is 34.7 Å². The fourth-order valence-corrected chi connectivity index (χ4v) is 3.48. The molecule has 0 aliphatic carbocycles. The number of carbonyl (C=O) groups is 2. The predicted molar refractivity (Wildman–Crippen MR) is 88.9 cm³/mol. The molecule has 4 rings (SSSR count). The van der Waals surface area contributed by atoms with Crippen LogP contribution in [0.25, 0.3) is 10.7 Å². The van der Waals surface area contributed by atoms with Crippen molar-refractivity contribution >= 4 is 23.2 Å². The van der Waals surface area contributed by atoms with Crippen LogP contribution in [-0.2, 0) is 17.8 Å². The fraction of sp³-hybridized carbons (Fsp3) is 0.188. The van der Waals surface area contributed by atoms with Gasteiger partial charge in [0.25, 0.3) is 5.91 Å². The second-order valence-corrected chi connectivity index (χ2v) is 6.54. The van der Waals surface area contributed by atoms with Crippen molar-refractivity contribution in [1.29, 1.82) is 0 Å². The van der Waals surface area contributed by atoms with Gasteiger partial charge < -0.3 is 15.0 Å². The maximum absolute atomic E-state index is 12.8. The van der Waals surface area contributed by atoms with E-state index >= 15 is 0 Å². The molecular formula is C16H13N5O3S. The van der Waals surface area contributed by atoms with Gasteiger partial charge in [-0.2, -0.15) is 0 Å². The number of hydrogen-bond acceptors (Lipinski definition) is 6. The number of carboxylic acid groups (broad SMARTS) is 1. The Hall–Kier alpha value is -3.07. The van der Waals surface area contributed by atoms with Crippen LogP contribution in [0.15, 0.2) is 36.2 Å². The van der Waals surface area contributed by atoms with E-state index < -0.39 is 17.9 Å². The number of imidazole rings is 1. The summed E-state index contributed by atoms with van der Waals surface area (Å²) in [6.45, 7) is 0.164. The number of hydrogen-bond donors (Lipinski definition) is 2. The molecule has 0 unspecified atom stereocenters. The van der Waals surface area contributed by atoms with Crippen LogP contribution in [0.4, 0.5) is 0 Å². The van der Waals surface area contributed by atoms with E-state index in [2.05, 4.69) is 19.9 Å². The number of aromatic amines is 1. The van der Waals surface area contributed by atoms with E-state index in [0.717, 1.165) is 10.6 Å². The Morgan fingerprint density at radius 1 is 1.28 bits per heavy atom. The van der Waals surface area contributed by atoms with Crippen molar-refractivity contribution in [2.75, 3.05) is 0 Å². The summed E-state index contributed by atoms with van der Waals surface area (Å²) < 4.78 is 0. The molecule has 0 bridgehead atoms. The van der Waals surface area contributed by atoms with Gasteiger partial charge in [-0.3, -0.25) is 4.79 Å². The third-order valence-corrected chi connectivity index (χ3v) is 4.95. The average Bonchev–Trinajstić information content (AvgIpc) is 3.31. The first-order valence-electron chi connectivity index (χ1n) is 7.54. The van der Waals surface area contributed by atoms with Gasteiger partial charge in [-0.15, -0.1) is 11.3 Å². The summed E-state index contributed by atoms with van der Waals surface area (Å²) in [5, 5.41) is 11.4. The molecule has 0 spiro atoms. The molecule has 1 atom stereocenters. The molecule has 3 aromatic heterocycles. The van der Waals surface area contributed by atoms with Crippen molar-refractivity contribution in [3.63, 3.8) is 0 Å². The summed E-state index contributed by atoms with van der Waals surface area (Å²) >= 11 is 1.51. The molecule has 2 N–H and O–H groups in total. The van der Waals surface area contributed by atoms with Crippen LogP contribution in [0.2, 0.25) is 0 Å². The zero-order valence-electron chi connectivity index (χ0n) is 12.9. The first-order valence-corrected chi connectivity index (χ1v) is 8.42. The molecule has 1 amide bonds. The topological polar surface area (TPSA) is 112 Å². The number of amides is 1. The molecule has 8 nitrogen and oxygen atoms in total. The molecule has 0 saturated carbocycles. The van der Waals surface area contributed by atoms with Gasteiger partial charge in [-0.05, 0) is 11.4 Å². The van der Waals surface area contributed by atoms with E-state index in [9.17, 15) is 14.7 Å². The van der Waals surface area contributed by atoms with Gasteiger partial charge in [0.2, 0.25) is 0 Å². The number of nitrogens with one attached hydrogen (secondary N) is 1. The van der Waals surface area contributed by atoms with Crippen LogP contribution >= 0.6 is 11.3 Å². The van der Waals surface area contributed by atoms with Crippen molar-refractivity contribution in [3.05, 3.63) is 53.2 Å². The van der Waals surface area contributed by atoms with Crippen LogP contribution in [0.3, 0.4) is 0 Å². The van der Waals surface area contributed by atoms with Gasteiger partial charge in [0.1, 0.15) is 6.04 Å². The third-order valence-electron chi connectivity index (χ3n) is 4.09. The minimum Gasteiger partial charge on any atom is -0.480 e. The van der Waals surface area contributed by atoms with Crippen molar-refractivity contribution in [3.8, 4) is 10.7 Å². The number of aromatic nitrogens is 4. The first kappa shape index (κ1) is 15.5. The Bertz CT molecular complexity index is 920. The zero-order chi connectivity index (χ0) is 17.4. The van der Waals surface area contributed by atoms with Crippen molar-refractivity contribution < 1.29 is 14.7 Å². The van der Waals surface area contributed by atoms with Crippen LogP contribution in [0.5, 0.6) is 0 Å². The summed E-state index contributed by atoms with van der Waals surface area (Å²) in [5.41, 5.74) is 1.69. The number of nitrogens with zero attached hydrogens (tertiary/aromatic N) is 4. The van der Waals surface area contributed by atoms with E-state index in [1.807, 2.05) is 17.5 Å². The Kier molecular flexibility index (Phi) is 3.77. The number of H-pyrrole nitrogens is 1. The highest BCUT2D eigenvalue weighted by molar-refractivity contribution is 7.13. The number of rotatable bonds is 3. The molecule has 3 aromatic rings. The largest absolute Gasteiger partial charge is 0.480 e. The third kappa shape index (κ3) is 2.78. The Morgan fingerprint density at radius 2 is 2.08 bits per heavy atom. The van der Waals surface area contributed by atoms with E-state index in [0.29, 0.717) is 11.5 Å². The van der Waals surface area contributed by atoms with Crippen LogP contribution in [0, 0.1) is 0 Å². The Morgan fingerprint density at radius 3 is 2.76 bits per heavy atom.